The molecule has 0 fully saturated rings. The first-order valence-corrected chi connectivity index (χ1v) is 6.47. The molecule has 6 heteroatoms. The van der Waals surface area contributed by atoms with Gasteiger partial charge in [0.1, 0.15) is 23.1 Å². The molecule has 2 aromatic rings. The van der Waals surface area contributed by atoms with Crippen LogP contribution in [0.2, 0.25) is 5.02 Å². The molecule has 0 heterocycles. The summed E-state index contributed by atoms with van der Waals surface area (Å²) in [6, 6.07) is 6.14. The first-order valence-electron chi connectivity index (χ1n) is 5.29. The van der Waals surface area contributed by atoms with Crippen molar-refractivity contribution in [2.24, 2.45) is 0 Å². The standard InChI is InChI=1S/C13H8BrClF3N/c14-8-3-11(17)13(12(18)4-8)19-6-7-1-2-9(16)5-10(7)15/h1-5,19H,6H2. The summed E-state index contributed by atoms with van der Waals surface area (Å²) in [6.45, 7) is 0.0919. The lowest BCUT2D eigenvalue weighted by atomic mass is 10.2. The second-order valence-corrected chi connectivity index (χ2v) is 5.16. The highest BCUT2D eigenvalue weighted by Gasteiger charge is 2.11. The highest BCUT2D eigenvalue weighted by molar-refractivity contribution is 9.10. The molecule has 0 bridgehead atoms. The summed E-state index contributed by atoms with van der Waals surface area (Å²) in [5.74, 6) is -1.90. The Hall–Kier alpha value is -1.20. The molecule has 0 aromatic heterocycles. The SMILES string of the molecule is Fc1ccc(CNc2c(F)cc(Br)cc2F)c(Cl)c1. The quantitative estimate of drug-likeness (QED) is 0.809. The Morgan fingerprint density at radius 2 is 1.68 bits per heavy atom. The van der Waals surface area contributed by atoms with Gasteiger partial charge in [-0.3, -0.25) is 0 Å². The summed E-state index contributed by atoms with van der Waals surface area (Å²) >= 11 is 8.82. The van der Waals surface area contributed by atoms with Crippen molar-refractivity contribution in [2.45, 2.75) is 6.54 Å². The molecule has 0 saturated heterocycles. The van der Waals surface area contributed by atoms with Gasteiger partial charge in [0.25, 0.3) is 0 Å². The average molecular weight is 351 g/mol. The van der Waals surface area contributed by atoms with Gasteiger partial charge in [0, 0.05) is 16.0 Å². The van der Waals surface area contributed by atoms with Crippen LogP contribution in [0.3, 0.4) is 0 Å². The molecule has 0 unspecified atom stereocenters. The summed E-state index contributed by atoms with van der Waals surface area (Å²) in [4.78, 5) is 0. The van der Waals surface area contributed by atoms with E-state index < -0.39 is 17.5 Å². The molecular formula is C13H8BrClF3N. The first kappa shape index (κ1) is 14.2. The van der Waals surface area contributed by atoms with Crippen molar-refractivity contribution >= 4 is 33.2 Å². The van der Waals surface area contributed by atoms with Crippen LogP contribution in [0.5, 0.6) is 0 Å². The number of hydrogen-bond donors (Lipinski definition) is 1. The van der Waals surface area contributed by atoms with Gasteiger partial charge >= 0.3 is 0 Å². The Labute approximate surface area is 121 Å². The summed E-state index contributed by atoms with van der Waals surface area (Å²) in [5, 5.41) is 2.81. The van der Waals surface area contributed by atoms with Gasteiger partial charge < -0.3 is 5.32 Å². The minimum Gasteiger partial charge on any atom is -0.376 e. The van der Waals surface area contributed by atoms with Gasteiger partial charge in [0.2, 0.25) is 0 Å². The molecule has 0 aliphatic heterocycles. The van der Waals surface area contributed by atoms with Gasteiger partial charge in [-0.05, 0) is 29.8 Å². The largest absolute Gasteiger partial charge is 0.376 e. The number of halogens is 5. The molecule has 100 valence electrons. The van der Waals surface area contributed by atoms with E-state index in [1.165, 1.54) is 12.1 Å². The summed E-state index contributed by atoms with van der Waals surface area (Å²) in [6.07, 6.45) is 0. The zero-order valence-electron chi connectivity index (χ0n) is 9.48. The Morgan fingerprint density at radius 3 is 2.26 bits per heavy atom. The molecule has 0 spiro atoms. The molecule has 0 aliphatic rings. The van der Waals surface area contributed by atoms with E-state index in [1.54, 1.807) is 0 Å². The molecule has 19 heavy (non-hydrogen) atoms. The number of hydrogen-bond acceptors (Lipinski definition) is 1. The van der Waals surface area contributed by atoms with Crippen LogP contribution in [0, 0.1) is 17.5 Å². The van der Waals surface area contributed by atoms with E-state index in [9.17, 15) is 13.2 Å². The third kappa shape index (κ3) is 3.42. The van der Waals surface area contributed by atoms with Gasteiger partial charge in [-0.1, -0.05) is 33.6 Å². The van der Waals surface area contributed by atoms with Crippen LogP contribution >= 0.6 is 27.5 Å². The zero-order valence-corrected chi connectivity index (χ0v) is 11.8. The van der Waals surface area contributed by atoms with E-state index in [0.717, 1.165) is 18.2 Å². The zero-order chi connectivity index (χ0) is 14.0. The monoisotopic (exact) mass is 349 g/mol. The van der Waals surface area contributed by atoms with E-state index in [0.29, 0.717) is 10.0 Å². The highest BCUT2D eigenvalue weighted by atomic mass is 79.9. The van der Waals surface area contributed by atoms with E-state index in [4.69, 9.17) is 11.6 Å². The number of nitrogens with one attached hydrogen (secondary N) is 1. The van der Waals surface area contributed by atoms with Crippen molar-refractivity contribution < 1.29 is 13.2 Å². The predicted octanol–water partition coefficient (Wildman–Crippen LogP) is 5.13. The van der Waals surface area contributed by atoms with E-state index >= 15 is 0 Å². The molecule has 1 nitrogen and oxygen atoms in total. The molecule has 1 N–H and O–H groups in total. The topological polar surface area (TPSA) is 12.0 Å². The van der Waals surface area contributed by atoms with Gasteiger partial charge in [0.05, 0.1) is 0 Å². The maximum absolute atomic E-state index is 13.6. The molecule has 2 aromatic carbocycles. The van der Waals surface area contributed by atoms with Crippen LogP contribution in [-0.4, -0.2) is 0 Å². The van der Waals surface area contributed by atoms with Gasteiger partial charge in [0.15, 0.2) is 0 Å². The fraction of sp³-hybridized carbons (Fsp3) is 0.0769. The van der Waals surface area contributed by atoms with Crippen LogP contribution < -0.4 is 5.32 Å². The molecule has 0 amide bonds. The number of benzene rings is 2. The normalized spacial score (nSPS) is 10.6. The van der Waals surface area contributed by atoms with Crippen LogP contribution in [-0.2, 0) is 6.54 Å². The number of anilines is 1. The summed E-state index contributed by atoms with van der Waals surface area (Å²) in [5.41, 5.74) is 0.299. The van der Waals surface area contributed by atoms with Crippen molar-refractivity contribution in [3.8, 4) is 0 Å². The molecule has 0 atom stereocenters. The second kappa shape index (κ2) is 5.84. The van der Waals surface area contributed by atoms with E-state index in [2.05, 4.69) is 21.2 Å². The predicted molar refractivity (Wildman–Crippen MR) is 72.8 cm³/mol. The van der Waals surface area contributed by atoms with E-state index in [1.807, 2.05) is 0 Å². The van der Waals surface area contributed by atoms with Gasteiger partial charge in [-0.15, -0.1) is 0 Å². The van der Waals surface area contributed by atoms with Crippen LogP contribution in [0.15, 0.2) is 34.8 Å². The Balaban J connectivity index is 2.19. The molecular weight excluding hydrogens is 343 g/mol. The molecule has 0 saturated carbocycles. The highest BCUT2D eigenvalue weighted by Crippen LogP contribution is 2.25. The van der Waals surface area contributed by atoms with Crippen molar-refractivity contribution in [3.63, 3.8) is 0 Å². The van der Waals surface area contributed by atoms with Crippen molar-refractivity contribution in [1.82, 2.24) is 0 Å². The second-order valence-electron chi connectivity index (χ2n) is 3.83. The van der Waals surface area contributed by atoms with Crippen LogP contribution in [0.1, 0.15) is 5.56 Å². The molecule has 0 radical (unpaired) electrons. The first-order chi connectivity index (χ1) is 8.97. The lowest BCUT2D eigenvalue weighted by molar-refractivity contribution is 0.586. The molecule has 0 aliphatic carbocycles. The average Bonchev–Trinajstić information content (AvgIpc) is 2.30. The summed E-state index contributed by atoms with van der Waals surface area (Å²) in [7, 11) is 0. The minimum absolute atomic E-state index is 0.0919. The molecule has 2 rings (SSSR count). The fourth-order valence-corrected chi connectivity index (χ4v) is 2.20. The van der Waals surface area contributed by atoms with Crippen molar-refractivity contribution in [2.75, 3.05) is 5.32 Å². The third-order valence-corrected chi connectivity index (χ3v) is 3.29. The maximum atomic E-state index is 13.6. The number of rotatable bonds is 3. The van der Waals surface area contributed by atoms with E-state index in [-0.39, 0.29) is 17.3 Å². The lowest BCUT2D eigenvalue weighted by Crippen LogP contribution is -2.04. The Bertz CT molecular complexity index is 596. The van der Waals surface area contributed by atoms with Crippen molar-refractivity contribution in [1.29, 1.82) is 0 Å². The lowest BCUT2D eigenvalue weighted by Gasteiger charge is -2.10. The maximum Gasteiger partial charge on any atom is 0.150 e. The third-order valence-electron chi connectivity index (χ3n) is 2.48. The minimum atomic E-state index is -0.717. The summed E-state index contributed by atoms with van der Waals surface area (Å²) < 4.78 is 40.3. The Kier molecular flexibility index (Phi) is 4.37. The van der Waals surface area contributed by atoms with Crippen molar-refractivity contribution in [3.05, 3.63) is 62.8 Å². The smallest absolute Gasteiger partial charge is 0.150 e. The fourth-order valence-electron chi connectivity index (χ4n) is 1.56. The van der Waals surface area contributed by atoms with Gasteiger partial charge in [-0.25, -0.2) is 13.2 Å². The Morgan fingerprint density at radius 1 is 1.05 bits per heavy atom. The van der Waals surface area contributed by atoms with Crippen LogP contribution in [0.4, 0.5) is 18.9 Å². The van der Waals surface area contributed by atoms with Gasteiger partial charge in [-0.2, -0.15) is 0 Å². The van der Waals surface area contributed by atoms with Crippen LogP contribution in [0.25, 0.3) is 0 Å².